The van der Waals surface area contributed by atoms with Crippen LogP contribution in [-0.4, -0.2) is 25.8 Å². The lowest BCUT2D eigenvalue weighted by atomic mass is 10.2. The van der Waals surface area contributed by atoms with Crippen LogP contribution in [0.5, 0.6) is 0 Å². The molecule has 0 amide bonds. The Bertz CT molecular complexity index is 662. The fraction of sp³-hybridized carbons (Fsp3) is 0.308. The fourth-order valence-electron chi connectivity index (χ4n) is 1.99. The molecule has 5 nitrogen and oxygen atoms in total. The van der Waals surface area contributed by atoms with Crippen LogP contribution in [0.25, 0.3) is 5.69 Å². The molecule has 1 N–H and O–H groups in total. The van der Waals surface area contributed by atoms with E-state index in [0.29, 0.717) is 5.92 Å². The normalized spacial score (nSPS) is 14.6. The molecule has 0 spiro atoms. The van der Waals surface area contributed by atoms with Gasteiger partial charge in [0.1, 0.15) is 5.82 Å². The molecule has 2 aromatic rings. The molecule has 0 bridgehead atoms. The molecule has 1 aliphatic carbocycles. The van der Waals surface area contributed by atoms with Gasteiger partial charge >= 0.3 is 5.97 Å². The highest BCUT2D eigenvalue weighted by molar-refractivity contribution is 9.10. The van der Waals surface area contributed by atoms with Crippen LogP contribution in [0.2, 0.25) is 0 Å². The van der Waals surface area contributed by atoms with Gasteiger partial charge in [0.25, 0.3) is 5.82 Å². The lowest BCUT2D eigenvalue weighted by Crippen LogP contribution is -2.04. The average Bonchev–Trinajstić information content (AvgIpc) is 3.12. The van der Waals surface area contributed by atoms with E-state index in [0.717, 1.165) is 34.4 Å². The fourth-order valence-corrected chi connectivity index (χ4v) is 2.43. The molecule has 1 heterocycles. The second-order valence-corrected chi connectivity index (χ2v) is 5.49. The number of hydrogen-bond donors (Lipinski definition) is 1. The Hall–Kier alpha value is -1.69. The maximum Gasteiger partial charge on any atom is 0.375 e. The third kappa shape index (κ3) is 2.16. The summed E-state index contributed by atoms with van der Waals surface area (Å²) in [4.78, 5) is 15.2. The Kier molecular flexibility index (Phi) is 2.89. The van der Waals surface area contributed by atoms with E-state index in [1.54, 1.807) is 4.68 Å². The third-order valence-electron chi connectivity index (χ3n) is 3.17. The van der Waals surface area contributed by atoms with Crippen molar-refractivity contribution in [1.29, 1.82) is 0 Å². The van der Waals surface area contributed by atoms with Crippen LogP contribution >= 0.6 is 15.9 Å². The second-order valence-electron chi connectivity index (χ2n) is 4.69. The predicted molar refractivity (Wildman–Crippen MR) is 72.7 cm³/mol. The summed E-state index contributed by atoms with van der Waals surface area (Å²) >= 11 is 3.53. The zero-order valence-electron chi connectivity index (χ0n) is 10.3. The average molecular weight is 322 g/mol. The van der Waals surface area contributed by atoms with Gasteiger partial charge in [-0.1, -0.05) is 12.1 Å². The minimum Gasteiger partial charge on any atom is -0.475 e. The molecular weight excluding hydrogens is 310 g/mol. The zero-order chi connectivity index (χ0) is 13.6. The summed E-state index contributed by atoms with van der Waals surface area (Å²) in [6.45, 7) is 1.99. The number of aromatic carboxylic acids is 1. The summed E-state index contributed by atoms with van der Waals surface area (Å²) in [5.74, 6) is -0.170. The number of benzene rings is 1. The van der Waals surface area contributed by atoms with Gasteiger partial charge in [-0.3, -0.25) is 0 Å². The highest BCUT2D eigenvalue weighted by atomic mass is 79.9. The molecule has 0 atom stereocenters. The highest BCUT2D eigenvalue weighted by Gasteiger charge is 2.32. The number of aromatic nitrogens is 3. The van der Waals surface area contributed by atoms with Gasteiger partial charge in [0.15, 0.2) is 0 Å². The number of carboxylic acid groups (broad SMARTS) is 1. The standard InChI is InChI=1S/C13H12BrN3O2/c1-7-3-2-4-9(10(7)14)17-12(8-5-6-8)15-11(16-17)13(18)19/h2-4,8H,5-6H2,1H3,(H,18,19). The van der Waals surface area contributed by atoms with Crippen LogP contribution in [0.4, 0.5) is 0 Å². The van der Waals surface area contributed by atoms with Crippen molar-refractivity contribution in [1.82, 2.24) is 14.8 Å². The summed E-state index contributed by atoms with van der Waals surface area (Å²) < 4.78 is 2.57. The number of carboxylic acids is 1. The van der Waals surface area contributed by atoms with Gasteiger partial charge in [-0.05, 0) is 47.3 Å². The molecule has 0 saturated heterocycles. The predicted octanol–water partition coefficient (Wildman–Crippen LogP) is 2.91. The van der Waals surface area contributed by atoms with Crippen molar-refractivity contribution >= 4 is 21.9 Å². The van der Waals surface area contributed by atoms with E-state index in [2.05, 4.69) is 26.0 Å². The lowest BCUT2D eigenvalue weighted by molar-refractivity contribution is 0.0683. The first-order chi connectivity index (χ1) is 9.08. The minimum absolute atomic E-state index is 0.143. The van der Waals surface area contributed by atoms with Crippen LogP contribution in [0.1, 0.15) is 40.8 Å². The van der Waals surface area contributed by atoms with E-state index in [-0.39, 0.29) is 5.82 Å². The van der Waals surface area contributed by atoms with Gasteiger partial charge in [0.2, 0.25) is 0 Å². The monoisotopic (exact) mass is 321 g/mol. The lowest BCUT2D eigenvalue weighted by Gasteiger charge is -2.09. The second kappa shape index (κ2) is 4.45. The summed E-state index contributed by atoms with van der Waals surface area (Å²) in [5.41, 5.74) is 1.91. The molecule has 3 rings (SSSR count). The van der Waals surface area contributed by atoms with Crippen molar-refractivity contribution < 1.29 is 9.90 Å². The number of aryl methyl sites for hydroxylation is 1. The number of carbonyl (C=O) groups is 1. The number of hydrogen-bond acceptors (Lipinski definition) is 3. The maximum atomic E-state index is 11.0. The van der Waals surface area contributed by atoms with E-state index >= 15 is 0 Å². The van der Waals surface area contributed by atoms with Crippen molar-refractivity contribution in [2.75, 3.05) is 0 Å². The van der Waals surface area contributed by atoms with Crippen LogP contribution in [-0.2, 0) is 0 Å². The molecule has 19 heavy (non-hydrogen) atoms. The largest absolute Gasteiger partial charge is 0.475 e. The minimum atomic E-state index is -1.09. The van der Waals surface area contributed by atoms with Crippen LogP contribution in [0.3, 0.4) is 0 Å². The summed E-state index contributed by atoms with van der Waals surface area (Å²) in [7, 11) is 0. The van der Waals surface area contributed by atoms with Gasteiger partial charge in [-0.15, -0.1) is 5.10 Å². The number of rotatable bonds is 3. The topological polar surface area (TPSA) is 68.0 Å². The van der Waals surface area contributed by atoms with E-state index in [1.807, 2.05) is 25.1 Å². The van der Waals surface area contributed by atoms with Gasteiger partial charge in [-0.25, -0.2) is 14.5 Å². The third-order valence-corrected chi connectivity index (χ3v) is 4.20. The van der Waals surface area contributed by atoms with Crippen molar-refractivity contribution in [3.05, 3.63) is 39.9 Å². The maximum absolute atomic E-state index is 11.0. The molecule has 0 radical (unpaired) electrons. The van der Waals surface area contributed by atoms with Gasteiger partial charge in [0, 0.05) is 10.4 Å². The number of halogens is 1. The Morgan fingerprint density at radius 1 is 1.47 bits per heavy atom. The van der Waals surface area contributed by atoms with Gasteiger partial charge in [0.05, 0.1) is 5.69 Å². The van der Waals surface area contributed by atoms with Crippen LogP contribution < -0.4 is 0 Å². The molecule has 1 aromatic carbocycles. The summed E-state index contributed by atoms with van der Waals surface area (Å²) in [5, 5.41) is 13.2. The molecule has 0 aliphatic heterocycles. The Morgan fingerprint density at radius 2 is 2.21 bits per heavy atom. The Balaban J connectivity index is 2.18. The van der Waals surface area contributed by atoms with Crippen LogP contribution in [0.15, 0.2) is 22.7 Å². The van der Waals surface area contributed by atoms with Crippen molar-refractivity contribution in [3.8, 4) is 5.69 Å². The molecule has 1 aromatic heterocycles. The molecule has 1 saturated carbocycles. The number of nitrogens with zero attached hydrogens (tertiary/aromatic N) is 3. The zero-order valence-corrected chi connectivity index (χ0v) is 11.9. The van der Waals surface area contributed by atoms with Gasteiger partial charge in [-0.2, -0.15) is 0 Å². The smallest absolute Gasteiger partial charge is 0.375 e. The molecule has 0 unspecified atom stereocenters. The first-order valence-corrected chi connectivity index (χ1v) is 6.83. The summed E-state index contributed by atoms with van der Waals surface area (Å²) in [6.07, 6.45) is 2.09. The van der Waals surface area contributed by atoms with E-state index in [4.69, 9.17) is 5.11 Å². The van der Waals surface area contributed by atoms with Crippen molar-refractivity contribution in [2.24, 2.45) is 0 Å². The van der Waals surface area contributed by atoms with Crippen LogP contribution in [0, 0.1) is 6.92 Å². The molecule has 1 aliphatic rings. The molecule has 6 heteroatoms. The molecule has 1 fully saturated rings. The van der Waals surface area contributed by atoms with Gasteiger partial charge < -0.3 is 5.11 Å². The SMILES string of the molecule is Cc1cccc(-n2nc(C(=O)O)nc2C2CC2)c1Br. The van der Waals surface area contributed by atoms with E-state index < -0.39 is 5.97 Å². The Morgan fingerprint density at radius 3 is 2.84 bits per heavy atom. The Labute approximate surface area is 118 Å². The molecular formula is C13H12BrN3O2. The first-order valence-electron chi connectivity index (χ1n) is 6.03. The van der Waals surface area contributed by atoms with E-state index in [9.17, 15) is 4.79 Å². The van der Waals surface area contributed by atoms with Crippen molar-refractivity contribution in [2.45, 2.75) is 25.7 Å². The quantitative estimate of drug-likeness (QED) is 0.943. The van der Waals surface area contributed by atoms with E-state index in [1.165, 1.54) is 0 Å². The summed E-state index contributed by atoms with van der Waals surface area (Å²) in [6, 6.07) is 5.82. The highest BCUT2D eigenvalue weighted by Crippen LogP contribution is 2.40. The molecule has 98 valence electrons. The van der Waals surface area contributed by atoms with Crippen molar-refractivity contribution in [3.63, 3.8) is 0 Å². The first kappa shape index (κ1) is 12.3.